The van der Waals surface area contributed by atoms with E-state index in [0.717, 1.165) is 0 Å². The molecule has 1 aliphatic rings. The van der Waals surface area contributed by atoms with Crippen molar-refractivity contribution in [2.45, 2.75) is 32.2 Å². The summed E-state index contributed by atoms with van der Waals surface area (Å²) in [7, 11) is 1.52. The van der Waals surface area contributed by atoms with Gasteiger partial charge in [-0.1, -0.05) is 25.5 Å². The predicted molar refractivity (Wildman–Crippen MR) is 87.9 cm³/mol. The van der Waals surface area contributed by atoms with Gasteiger partial charge in [0.2, 0.25) is 11.8 Å². The van der Waals surface area contributed by atoms with E-state index < -0.39 is 23.8 Å². The number of benzene rings is 1. The molecular weight excluding hydrogens is 312 g/mol. The second kappa shape index (κ2) is 7.81. The van der Waals surface area contributed by atoms with E-state index in [2.05, 4.69) is 5.32 Å². The fourth-order valence-corrected chi connectivity index (χ4v) is 2.80. The maximum absolute atomic E-state index is 12.3. The summed E-state index contributed by atoms with van der Waals surface area (Å²) in [5.74, 6) is -1.65. The largest absolute Gasteiger partial charge is 0.495 e. The van der Waals surface area contributed by atoms with Crippen LogP contribution in [0.1, 0.15) is 26.2 Å². The molecule has 1 aromatic carbocycles. The van der Waals surface area contributed by atoms with Gasteiger partial charge in [-0.2, -0.15) is 0 Å². The lowest BCUT2D eigenvalue weighted by Crippen LogP contribution is -2.44. The monoisotopic (exact) mass is 334 g/mol. The molecule has 7 nitrogen and oxygen atoms in total. The minimum atomic E-state index is -1.06. The van der Waals surface area contributed by atoms with Crippen molar-refractivity contribution in [3.8, 4) is 5.75 Å². The Hall–Kier alpha value is -2.57. The Morgan fingerprint density at radius 3 is 2.75 bits per heavy atom. The van der Waals surface area contributed by atoms with Gasteiger partial charge in [-0.05, 0) is 18.6 Å². The van der Waals surface area contributed by atoms with Crippen LogP contribution in [0.4, 0.5) is 5.69 Å². The molecule has 0 spiro atoms. The van der Waals surface area contributed by atoms with E-state index in [1.807, 2.05) is 6.92 Å². The molecule has 2 rings (SSSR count). The number of carboxylic acids is 1. The number of hydrogen-bond acceptors (Lipinski definition) is 4. The van der Waals surface area contributed by atoms with Crippen LogP contribution in [-0.4, -0.2) is 42.6 Å². The maximum atomic E-state index is 12.3. The van der Waals surface area contributed by atoms with E-state index in [0.29, 0.717) is 24.3 Å². The number of carbonyl (C=O) groups excluding carboxylic acids is 2. The number of para-hydroxylation sites is 2. The van der Waals surface area contributed by atoms with Gasteiger partial charge in [0.15, 0.2) is 0 Å². The predicted octanol–water partition coefficient (Wildman–Crippen LogP) is 1.42. The number of methoxy groups -OCH3 is 1. The molecule has 1 fully saturated rings. The van der Waals surface area contributed by atoms with Crippen LogP contribution in [0.15, 0.2) is 24.3 Å². The summed E-state index contributed by atoms with van der Waals surface area (Å²) in [6, 6.07) is 6.18. The average Bonchev–Trinajstić information content (AvgIpc) is 2.96. The summed E-state index contributed by atoms with van der Waals surface area (Å²) in [4.78, 5) is 37.3. The molecule has 0 saturated carbocycles. The van der Waals surface area contributed by atoms with Gasteiger partial charge in [-0.15, -0.1) is 0 Å². The normalized spacial score (nSPS) is 18.3. The summed E-state index contributed by atoms with van der Waals surface area (Å²) in [5, 5.41) is 11.7. The van der Waals surface area contributed by atoms with Crippen molar-refractivity contribution < 1.29 is 24.2 Å². The molecule has 1 aromatic rings. The third kappa shape index (κ3) is 3.84. The summed E-state index contributed by atoms with van der Waals surface area (Å²) < 4.78 is 5.26. The first-order chi connectivity index (χ1) is 11.5. The van der Waals surface area contributed by atoms with Gasteiger partial charge in [0.05, 0.1) is 18.7 Å². The second-order valence-corrected chi connectivity index (χ2v) is 5.77. The maximum Gasteiger partial charge on any atom is 0.326 e. The number of nitrogens with zero attached hydrogens (tertiary/aromatic N) is 1. The molecule has 2 atom stereocenters. The van der Waals surface area contributed by atoms with Gasteiger partial charge >= 0.3 is 5.97 Å². The number of nitrogens with one attached hydrogen (secondary N) is 1. The quantitative estimate of drug-likeness (QED) is 0.786. The fourth-order valence-electron chi connectivity index (χ4n) is 2.80. The second-order valence-electron chi connectivity index (χ2n) is 5.77. The van der Waals surface area contributed by atoms with Crippen LogP contribution < -0.4 is 15.0 Å². The van der Waals surface area contributed by atoms with Gasteiger partial charge in [0.1, 0.15) is 11.8 Å². The number of ether oxygens (including phenoxy) is 1. The molecule has 0 aliphatic carbocycles. The van der Waals surface area contributed by atoms with E-state index in [1.165, 1.54) is 12.0 Å². The minimum Gasteiger partial charge on any atom is -0.495 e. The average molecular weight is 334 g/mol. The van der Waals surface area contributed by atoms with Crippen molar-refractivity contribution in [1.29, 1.82) is 0 Å². The number of carboxylic acid groups (broad SMARTS) is 1. The molecule has 1 saturated heterocycles. The number of amides is 2. The molecule has 2 amide bonds. The van der Waals surface area contributed by atoms with Crippen LogP contribution in [0, 0.1) is 5.92 Å². The van der Waals surface area contributed by atoms with Crippen LogP contribution in [0.25, 0.3) is 0 Å². The lowest BCUT2D eigenvalue weighted by molar-refractivity contribution is -0.142. The zero-order chi connectivity index (χ0) is 17.7. The first-order valence-corrected chi connectivity index (χ1v) is 7.94. The number of hydrogen-bond donors (Lipinski definition) is 2. The molecule has 2 N–H and O–H groups in total. The zero-order valence-electron chi connectivity index (χ0n) is 13.8. The van der Waals surface area contributed by atoms with Crippen LogP contribution in [-0.2, 0) is 14.4 Å². The standard InChI is InChI=1S/C17H22N2O5/c1-3-6-12(17(22)23)18-16(21)11-9-15(20)19(10-11)13-7-4-5-8-14(13)24-2/h4-5,7-8,11-12H,3,6,9-10H2,1-2H3,(H,18,21)(H,22,23). The van der Waals surface area contributed by atoms with Crippen LogP contribution in [0.5, 0.6) is 5.75 Å². The first-order valence-electron chi connectivity index (χ1n) is 7.94. The lowest BCUT2D eigenvalue weighted by Gasteiger charge is -2.20. The number of rotatable bonds is 7. The van der Waals surface area contributed by atoms with E-state index >= 15 is 0 Å². The minimum absolute atomic E-state index is 0.0579. The molecule has 24 heavy (non-hydrogen) atoms. The smallest absolute Gasteiger partial charge is 0.326 e. The zero-order valence-corrected chi connectivity index (χ0v) is 13.8. The fraction of sp³-hybridized carbons (Fsp3) is 0.471. The van der Waals surface area contributed by atoms with Gasteiger partial charge in [-0.25, -0.2) is 4.79 Å². The van der Waals surface area contributed by atoms with E-state index in [1.54, 1.807) is 24.3 Å². The highest BCUT2D eigenvalue weighted by molar-refractivity contribution is 6.01. The van der Waals surface area contributed by atoms with E-state index in [-0.39, 0.29) is 18.9 Å². The van der Waals surface area contributed by atoms with Gasteiger partial charge in [0, 0.05) is 13.0 Å². The Kier molecular flexibility index (Phi) is 5.78. The Morgan fingerprint density at radius 2 is 2.12 bits per heavy atom. The van der Waals surface area contributed by atoms with Crippen LogP contribution in [0.3, 0.4) is 0 Å². The molecule has 0 bridgehead atoms. The Bertz CT molecular complexity index is 631. The summed E-state index contributed by atoms with van der Waals surface area (Å²) in [6.07, 6.45) is 1.06. The summed E-state index contributed by atoms with van der Waals surface area (Å²) >= 11 is 0. The van der Waals surface area contributed by atoms with Gasteiger partial charge in [-0.3, -0.25) is 9.59 Å². The summed E-state index contributed by atoms with van der Waals surface area (Å²) in [6.45, 7) is 2.06. The van der Waals surface area contributed by atoms with Crippen molar-refractivity contribution in [3.63, 3.8) is 0 Å². The molecule has 130 valence electrons. The number of carbonyl (C=O) groups is 3. The first kappa shape index (κ1) is 17.8. The Labute approximate surface area is 140 Å². The van der Waals surface area contributed by atoms with Crippen molar-refractivity contribution >= 4 is 23.5 Å². The highest BCUT2D eigenvalue weighted by atomic mass is 16.5. The Morgan fingerprint density at radius 1 is 1.42 bits per heavy atom. The SMILES string of the molecule is CCCC(NC(=O)C1CC(=O)N(c2ccccc2OC)C1)C(=O)O. The number of aliphatic carboxylic acids is 1. The van der Waals surface area contributed by atoms with Crippen molar-refractivity contribution in [1.82, 2.24) is 5.32 Å². The molecule has 2 unspecified atom stereocenters. The van der Waals surface area contributed by atoms with E-state index in [9.17, 15) is 14.4 Å². The molecule has 1 aliphatic heterocycles. The highest BCUT2D eigenvalue weighted by Gasteiger charge is 2.37. The Balaban J connectivity index is 2.08. The molecule has 0 radical (unpaired) electrons. The van der Waals surface area contributed by atoms with Crippen LogP contribution in [0.2, 0.25) is 0 Å². The lowest BCUT2D eigenvalue weighted by atomic mass is 10.1. The van der Waals surface area contributed by atoms with Gasteiger partial charge < -0.3 is 20.1 Å². The molecule has 1 heterocycles. The van der Waals surface area contributed by atoms with Crippen molar-refractivity contribution in [3.05, 3.63) is 24.3 Å². The molecular formula is C17H22N2O5. The van der Waals surface area contributed by atoms with Crippen molar-refractivity contribution in [2.24, 2.45) is 5.92 Å². The van der Waals surface area contributed by atoms with E-state index in [4.69, 9.17) is 9.84 Å². The number of anilines is 1. The third-order valence-electron chi connectivity index (χ3n) is 4.06. The third-order valence-corrected chi connectivity index (χ3v) is 4.06. The summed E-state index contributed by atoms with van der Waals surface area (Å²) in [5.41, 5.74) is 0.614. The highest BCUT2D eigenvalue weighted by Crippen LogP contribution is 2.32. The van der Waals surface area contributed by atoms with Crippen LogP contribution >= 0.6 is 0 Å². The van der Waals surface area contributed by atoms with Gasteiger partial charge in [0.25, 0.3) is 0 Å². The van der Waals surface area contributed by atoms with Crippen molar-refractivity contribution in [2.75, 3.05) is 18.6 Å². The topological polar surface area (TPSA) is 95.9 Å². The molecule has 7 heteroatoms. The molecule has 0 aromatic heterocycles.